The Hall–Kier alpha value is -1.73. The SMILES string of the molecule is FC(F)COCCc1noc(CNc2cccc(Cl)c2)n1. The molecule has 1 aromatic heterocycles. The molecule has 1 heterocycles. The van der Waals surface area contributed by atoms with Crippen LogP contribution in [0, 0.1) is 0 Å². The molecule has 1 aromatic carbocycles. The molecule has 0 atom stereocenters. The van der Waals surface area contributed by atoms with Gasteiger partial charge in [0, 0.05) is 17.1 Å². The van der Waals surface area contributed by atoms with E-state index in [1.165, 1.54) is 0 Å². The van der Waals surface area contributed by atoms with Crippen LogP contribution >= 0.6 is 11.6 Å². The summed E-state index contributed by atoms with van der Waals surface area (Å²) in [5, 5.41) is 7.46. The highest BCUT2D eigenvalue weighted by atomic mass is 35.5. The Kier molecular flexibility index (Phi) is 5.89. The van der Waals surface area contributed by atoms with Gasteiger partial charge in [0.25, 0.3) is 6.43 Å². The van der Waals surface area contributed by atoms with Crippen molar-refractivity contribution in [2.75, 3.05) is 18.5 Å². The highest BCUT2D eigenvalue weighted by Gasteiger charge is 2.07. The first kappa shape index (κ1) is 15.7. The summed E-state index contributed by atoms with van der Waals surface area (Å²) < 4.78 is 33.5. The normalized spacial score (nSPS) is 11.0. The molecule has 114 valence electrons. The Labute approximate surface area is 125 Å². The molecule has 0 bridgehead atoms. The molecule has 1 N–H and O–H groups in total. The van der Waals surface area contributed by atoms with Crippen LogP contribution < -0.4 is 5.32 Å². The lowest BCUT2D eigenvalue weighted by Crippen LogP contribution is -2.07. The van der Waals surface area contributed by atoms with Gasteiger partial charge in [-0.05, 0) is 18.2 Å². The van der Waals surface area contributed by atoms with E-state index in [0.29, 0.717) is 29.7 Å². The molecule has 0 aliphatic heterocycles. The molecule has 0 radical (unpaired) electrons. The average molecular weight is 318 g/mol. The topological polar surface area (TPSA) is 60.2 Å². The van der Waals surface area contributed by atoms with E-state index in [1.54, 1.807) is 12.1 Å². The molecule has 2 rings (SSSR count). The van der Waals surface area contributed by atoms with E-state index in [-0.39, 0.29) is 6.61 Å². The fourth-order valence-electron chi connectivity index (χ4n) is 1.58. The van der Waals surface area contributed by atoms with Crippen molar-refractivity contribution in [2.24, 2.45) is 0 Å². The summed E-state index contributed by atoms with van der Waals surface area (Å²) in [5.41, 5.74) is 0.836. The van der Waals surface area contributed by atoms with Crippen molar-refractivity contribution in [1.82, 2.24) is 10.1 Å². The molecule has 0 aliphatic rings. The molecule has 21 heavy (non-hydrogen) atoms. The summed E-state index contributed by atoms with van der Waals surface area (Å²) >= 11 is 5.87. The number of nitrogens with one attached hydrogen (secondary N) is 1. The number of hydrogen-bond donors (Lipinski definition) is 1. The smallest absolute Gasteiger partial charge is 0.261 e. The summed E-state index contributed by atoms with van der Waals surface area (Å²) in [6, 6.07) is 7.24. The Morgan fingerprint density at radius 2 is 2.24 bits per heavy atom. The highest BCUT2D eigenvalue weighted by Crippen LogP contribution is 2.15. The molecule has 0 unspecified atom stereocenters. The average Bonchev–Trinajstić information content (AvgIpc) is 2.89. The minimum absolute atomic E-state index is 0.130. The van der Waals surface area contributed by atoms with Crippen LogP contribution in [0.3, 0.4) is 0 Å². The summed E-state index contributed by atoms with van der Waals surface area (Å²) in [7, 11) is 0. The quantitative estimate of drug-likeness (QED) is 0.758. The first-order chi connectivity index (χ1) is 10.1. The van der Waals surface area contributed by atoms with Crippen molar-refractivity contribution in [3.63, 3.8) is 0 Å². The van der Waals surface area contributed by atoms with Crippen molar-refractivity contribution in [3.8, 4) is 0 Å². The molecule has 0 fully saturated rings. The van der Waals surface area contributed by atoms with Gasteiger partial charge in [-0.15, -0.1) is 0 Å². The van der Waals surface area contributed by atoms with Gasteiger partial charge in [0.15, 0.2) is 5.82 Å². The molecule has 2 aromatic rings. The third-order valence-electron chi connectivity index (χ3n) is 2.49. The van der Waals surface area contributed by atoms with Crippen LogP contribution in [0.5, 0.6) is 0 Å². The molecular weight excluding hydrogens is 304 g/mol. The Bertz CT molecular complexity index is 566. The summed E-state index contributed by atoms with van der Waals surface area (Å²) in [4.78, 5) is 4.12. The number of alkyl halides is 2. The van der Waals surface area contributed by atoms with Gasteiger partial charge in [-0.1, -0.05) is 22.8 Å². The van der Waals surface area contributed by atoms with Gasteiger partial charge in [-0.3, -0.25) is 0 Å². The van der Waals surface area contributed by atoms with E-state index in [0.717, 1.165) is 5.69 Å². The number of hydrogen-bond acceptors (Lipinski definition) is 5. The maximum Gasteiger partial charge on any atom is 0.261 e. The second-order valence-corrected chi connectivity index (χ2v) is 4.62. The number of nitrogens with zero attached hydrogens (tertiary/aromatic N) is 2. The lowest BCUT2D eigenvalue weighted by Gasteiger charge is -2.02. The number of halogens is 3. The van der Waals surface area contributed by atoms with Crippen LogP contribution in [-0.4, -0.2) is 29.8 Å². The third kappa shape index (κ3) is 5.65. The van der Waals surface area contributed by atoms with Crippen LogP contribution in [0.25, 0.3) is 0 Å². The number of rotatable bonds is 8. The lowest BCUT2D eigenvalue weighted by molar-refractivity contribution is 0.0182. The highest BCUT2D eigenvalue weighted by molar-refractivity contribution is 6.30. The maximum absolute atomic E-state index is 11.9. The number of ether oxygens (including phenoxy) is 1. The molecule has 8 heteroatoms. The van der Waals surface area contributed by atoms with Crippen LogP contribution in [0.15, 0.2) is 28.8 Å². The Morgan fingerprint density at radius 3 is 3.00 bits per heavy atom. The Morgan fingerprint density at radius 1 is 1.38 bits per heavy atom. The van der Waals surface area contributed by atoms with Gasteiger partial charge in [0.2, 0.25) is 5.89 Å². The van der Waals surface area contributed by atoms with Gasteiger partial charge in [0.1, 0.15) is 6.61 Å². The molecule has 0 saturated heterocycles. The van der Waals surface area contributed by atoms with Crippen molar-refractivity contribution >= 4 is 17.3 Å². The predicted octanol–water partition coefficient (Wildman–Crippen LogP) is 3.16. The second-order valence-electron chi connectivity index (χ2n) is 4.18. The standard InChI is InChI=1S/C13H14ClF2N3O2/c14-9-2-1-3-10(6-9)17-7-13-18-12(19-21-13)4-5-20-8-11(15)16/h1-3,6,11,17H,4-5,7-8H2. The first-order valence-corrected chi connectivity index (χ1v) is 6.68. The van der Waals surface area contributed by atoms with Gasteiger partial charge < -0.3 is 14.6 Å². The van der Waals surface area contributed by atoms with Gasteiger partial charge in [0.05, 0.1) is 13.2 Å². The van der Waals surface area contributed by atoms with E-state index in [4.69, 9.17) is 20.9 Å². The van der Waals surface area contributed by atoms with Crippen LogP contribution in [-0.2, 0) is 17.7 Å². The van der Waals surface area contributed by atoms with Crippen LogP contribution in [0.4, 0.5) is 14.5 Å². The largest absolute Gasteiger partial charge is 0.376 e. The van der Waals surface area contributed by atoms with E-state index < -0.39 is 13.0 Å². The van der Waals surface area contributed by atoms with E-state index in [1.807, 2.05) is 12.1 Å². The van der Waals surface area contributed by atoms with E-state index in [2.05, 4.69) is 15.5 Å². The number of benzene rings is 1. The minimum Gasteiger partial charge on any atom is -0.376 e. The zero-order chi connectivity index (χ0) is 15.1. The van der Waals surface area contributed by atoms with Gasteiger partial charge >= 0.3 is 0 Å². The van der Waals surface area contributed by atoms with Gasteiger partial charge in [-0.25, -0.2) is 8.78 Å². The number of anilines is 1. The fraction of sp³-hybridized carbons (Fsp3) is 0.385. The lowest BCUT2D eigenvalue weighted by atomic mass is 10.3. The minimum atomic E-state index is -2.47. The molecule has 0 aliphatic carbocycles. The van der Waals surface area contributed by atoms with Crippen molar-refractivity contribution in [2.45, 2.75) is 19.4 Å². The van der Waals surface area contributed by atoms with Crippen LogP contribution in [0.2, 0.25) is 5.02 Å². The summed E-state index contributed by atoms with van der Waals surface area (Å²) in [5.74, 6) is 0.825. The fourth-order valence-corrected chi connectivity index (χ4v) is 1.77. The predicted molar refractivity (Wildman–Crippen MR) is 73.6 cm³/mol. The summed E-state index contributed by atoms with van der Waals surface area (Å²) in [6.07, 6.45) is -2.14. The van der Waals surface area contributed by atoms with E-state index in [9.17, 15) is 8.78 Å². The van der Waals surface area contributed by atoms with Crippen molar-refractivity contribution in [3.05, 3.63) is 41.0 Å². The molecule has 0 amide bonds. The molecule has 0 saturated carbocycles. The zero-order valence-corrected chi connectivity index (χ0v) is 11.8. The first-order valence-electron chi connectivity index (χ1n) is 6.30. The number of aromatic nitrogens is 2. The van der Waals surface area contributed by atoms with Crippen molar-refractivity contribution < 1.29 is 18.0 Å². The van der Waals surface area contributed by atoms with Gasteiger partial charge in [-0.2, -0.15) is 4.98 Å². The summed E-state index contributed by atoms with van der Waals surface area (Å²) in [6.45, 7) is -0.0999. The zero-order valence-electron chi connectivity index (χ0n) is 11.1. The molecule has 0 spiro atoms. The Balaban J connectivity index is 1.75. The second kappa shape index (κ2) is 7.90. The molecule has 5 nitrogen and oxygen atoms in total. The maximum atomic E-state index is 11.9. The monoisotopic (exact) mass is 317 g/mol. The molecular formula is C13H14ClF2N3O2. The van der Waals surface area contributed by atoms with Crippen molar-refractivity contribution in [1.29, 1.82) is 0 Å². The van der Waals surface area contributed by atoms with Crippen LogP contribution in [0.1, 0.15) is 11.7 Å². The third-order valence-corrected chi connectivity index (χ3v) is 2.73. The van der Waals surface area contributed by atoms with E-state index >= 15 is 0 Å².